The van der Waals surface area contributed by atoms with Gasteiger partial charge >= 0.3 is 0 Å². The summed E-state index contributed by atoms with van der Waals surface area (Å²) in [6.07, 6.45) is 2.27. The predicted octanol–water partition coefficient (Wildman–Crippen LogP) is 4.04. The Labute approximate surface area is 130 Å². The molecule has 2 aromatic carbocycles. The van der Waals surface area contributed by atoms with Gasteiger partial charge in [-0.15, -0.1) is 0 Å². The molecule has 0 aliphatic rings. The summed E-state index contributed by atoms with van der Waals surface area (Å²) in [5.41, 5.74) is -0.100. The molecule has 0 heterocycles. The van der Waals surface area contributed by atoms with E-state index in [2.05, 4.69) is 5.32 Å². The van der Waals surface area contributed by atoms with Crippen molar-refractivity contribution in [3.8, 4) is 0 Å². The number of nitro groups is 1. The Hall–Kier alpha value is -2.73. The molecule has 0 aliphatic carbocycles. The second kappa shape index (κ2) is 6.82. The van der Waals surface area contributed by atoms with E-state index in [1.54, 1.807) is 6.07 Å². The van der Waals surface area contributed by atoms with Gasteiger partial charge in [0.2, 0.25) is 5.91 Å². The molecule has 22 heavy (non-hydrogen) atoms. The number of nitrogens with zero attached hydrogens (tertiary/aromatic N) is 1. The fourth-order valence-electron chi connectivity index (χ4n) is 1.74. The number of nitrogens with one attached hydrogen (secondary N) is 1. The van der Waals surface area contributed by atoms with E-state index in [0.29, 0.717) is 0 Å². The van der Waals surface area contributed by atoms with E-state index in [1.165, 1.54) is 42.5 Å². The minimum absolute atomic E-state index is 0.0572. The number of hydrogen-bond acceptors (Lipinski definition) is 3. The lowest BCUT2D eigenvalue weighted by molar-refractivity contribution is -0.383. The van der Waals surface area contributed by atoms with Gasteiger partial charge in [-0.3, -0.25) is 14.9 Å². The van der Waals surface area contributed by atoms with Gasteiger partial charge in [0.15, 0.2) is 0 Å². The summed E-state index contributed by atoms with van der Waals surface area (Å²) >= 11 is 5.83. The number of carbonyl (C=O) groups excluding carboxylic acids is 1. The SMILES string of the molecule is O=C(/C=C/c1c(F)cccc1Cl)Nc1ccccc1[N+](=O)[O-]. The van der Waals surface area contributed by atoms with Crippen molar-refractivity contribution in [1.29, 1.82) is 0 Å². The van der Waals surface area contributed by atoms with Gasteiger partial charge < -0.3 is 5.32 Å². The molecule has 0 aromatic heterocycles. The third kappa shape index (κ3) is 3.67. The average molecular weight is 321 g/mol. The lowest BCUT2D eigenvalue weighted by atomic mass is 10.2. The molecular formula is C15H10ClFN2O3. The molecule has 0 saturated carbocycles. The number of nitro benzene ring substituents is 1. The maximum Gasteiger partial charge on any atom is 0.292 e. The Bertz CT molecular complexity index is 742. The molecule has 2 aromatic rings. The van der Waals surface area contributed by atoms with Crippen LogP contribution in [0.2, 0.25) is 5.02 Å². The zero-order valence-corrected chi connectivity index (χ0v) is 11.9. The molecule has 0 radical (unpaired) electrons. The van der Waals surface area contributed by atoms with Crippen molar-refractivity contribution in [3.63, 3.8) is 0 Å². The number of halogens is 2. The largest absolute Gasteiger partial charge is 0.317 e. The average Bonchev–Trinajstić information content (AvgIpc) is 2.47. The number of para-hydroxylation sites is 2. The standard InChI is InChI=1S/C15H10ClFN2O3/c16-11-4-3-5-12(17)10(11)8-9-15(20)18-13-6-1-2-7-14(13)19(21)22/h1-9H,(H,18,20)/b9-8+. The highest BCUT2D eigenvalue weighted by Gasteiger charge is 2.13. The number of anilines is 1. The van der Waals surface area contributed by atoms with Crippen LogP contribution in [-0.4, -0.2) is 10.8 Å². The number of benzene rings is 2. The third-order valence-corrected chi connectivity index (χ3v) is 3.09. The van der Waals surface area contributed by atoms with Crippen LogP contribution in [0, 0.1) is 15.9 Å². The summed E-state index contributed by atoms with van der Waals surface area (Å²) in [4.78, 5) is 22.0. The topological polar surface area (TPSA) is 72.2 Å². The van der Waals surface area contributed by atoms with Gasteiger partial charge in [-0.2, -0.15) is 0 Å². The Morgan fingerprint density at radius 1 is 1.23 bits per heavy atom. The number of hydrogen-bond donors (Lipinski definition) is 1. The van der Waals surface area contributed by atoms with Gasteiger partial charge in [0.05, 0.1) is 9.95 Å². The second-order valence-corrected chi connectivity index (χ2v) is 4.64. The Morgan fingerprint density at radius 3 is 2.64 bits per heavy atom. The highest BCUT2D eigenvalue weighted by Crippen LogP contribution is 2.23. The Kier molecular flexibility index (Phi) is 4.85. The molecule has 0 spiro atoms. The Balaban J connectivity index is 2.17. The van der Waals surface area contributed by atoms with E-state index < -0.39 is 16.6 Å². The lowest BCUT2D eigenvalue weighted by Gasteiger charge is -2.03. The molecule has 7 heteroatoms. The van der Waals surface area contributed by atoms with Crippen LogP contribution in [0.15, 0.2) is 48.5 Å². The predicted molar refractivity (Wildman–Crippen MR) is 82.2 cm³/mol. The first-order chi connectivity index (χ1) is 10.5. The molecule has 1 amide bonds. The maximum absolute atomic E-state index is 13.5. The van der Waals surface area contributed by atoms with Crippen LogP contribution in [0.25, 0.3) is 6.08 Å². The zero-order valence-electron chi connectivity index (χ0n) is 11.1. The van der Waals surface area contributed by atoms with Crippen molar-refractivity contribution in [2.75, 3.05) is 5.32 Å². The second-order valence-electron chi connectivity index (χ2n) is 4.23. The summed E-state index contributed by atoms with van der Waals surface area (Å²) < 4.78 is 13.5. The van der Waals surface area contributed by atoms with Gasteiger partial charge in [-0.25, -0.2) is 4.39 Å². The Morgan fingerprint density at radius 2 is 1.95 bits per heavy atom. The third-order valence-electron chi connectivity index (χ3n) is 2.76. The highest BCUT2D eigenvalue weighted by molar-refractivity contribution is 6.32. The van der Waals surface area contributed by atoms with Crippen LogP contribution < -0.4 is 5.32 Å². The summed E-state index contributed by atoms with van der Waals surface area (Å²) in [5.74, 6) is -1.20. The van der Waals surface area contributed by atoms with Crippen molar-refractivity contribution >= 4 is 35.0 Å². The monoisotopic (exact) mass is 320 g/mol. The molecule has 0 aliphatic heterocycles. The van der Waals surface area contributed by atoms with Gasteiger partial charge in [0.25, 0.3) is 5.69 Å². The maximum atomic E-state index is 13.5. The first-order valence-corrected chi connectivity index (χ1v) is 6.53. The van der Waals surface area contributed by atoms with E-state index in [-0.39, 0.29) is 22.0 Å². The fourth-order valence-corrected chi connectivity index (χ4v) is 1.97. The number of rotatable bonds is 4. The molecule has 112 valence electrons. The summed E-state index contributed by atoms with van der Waals surface area (Å²) in [6.45, 7) is 0. The molecule has 5 nitrogen and oxygen atoms in total. The highest BCUT2D eigenvalue weighted by atomic mass is 35.5. The summed E-state index contributed by atoms with van der Waals surface area (Å²) in [6, 6.07) is 9.87. The van der Waals surface area contributed by atoms with E-state index in [4.69, 9.17) is 11.6 Å². The number of carbonyl (C=O) groups is 1. The van der Waals surface area contributed by atoms with E-state index in [9.17, 15) is 19.3 Å². The minimum Gasteiger partial charge on any atom is -0.317 e. The van der Waals surface area contributed by atoms with E-state index in [1.807, 2.05) is 0 Å². The quantitative estimate of drug-likeness (QED) is 0.525. The zero-order chi connectivity index (χ0) is 16.1. The molecule has 0 unspecified atom stereocenters. The molecule has 0 saturated heterocycles. The van der Waals surface area contributed by atoms with Crippen molar-refractivity contribution in [2.24, 2.45) is 0 Å². The fraction of sp³-hybridized carbons (Fsp3) is 0. The number of amides is 1. The van der Waals surface area contributed by atoms with Crippen molar-refractivity contribution in [3.05, 3.63) is 75.1 Å². The van der Waals surface area contributed by atoms with Crippen molar-refractivity contribution in [2.45, 2.75) is 0 Å². The molecule has 0 atom stereocenters. The van der Waals surface area contributed by atoms with Gasteiger partial charge in [-0.1, -0.05) is 29.8 Å². The normalized spacial score (nSPS) is 10.6. The molecule has 0 bridgehead atoms. The van der Waals surface area contributed by atoms with Crippen molar-refractivity contribution < 1.29 is 14.1 Å². The van der Waals surface area contributed by atoms with E-state index in [0.717, 1.165) is 6.08 Å². The molecular weight excluding hydrogens is 311 g/mol. The van der Waals surface area contributed by atoms with Gasteiger partial charge in [0, 0.05) is 17.7 Å². The van der Waals surface area contributed by atoms with Crippen LogP contribution >= 0.6 is 11.6 Å². The van der Waals surface area contributed by atoms with Gasteiger partial charge in [-0.05, 0) is 24.3 Å². The minimum atomic E-state index is -0.631. The first-order valence-electron chi connectivity index (χ1n) is 6.15. The van der Waals surface area contributed by atoms with Gasteiger partial charge in [0.1, 0.15) is 11.5 Å². The van der Waals surface area contributed by atoms with Crippen LogP contribution in [0.4, 0.5) is 15.8 Å². The van der Waals surface area contributed by atoms with E-state index >= 15 is 0 Å². The van der Waals surface area contributed by atoms with Crippen molar-refractivity contribution in [1.82, 2.24) is 0 Å². The van der Waals surface area contributed by atoms with Crippen LogP contribution in [0.3, 0.4) is 0 Å². The van der Waals surface area contributed by atoms with Crippen LogP contribution in [0.1, 0.15) is 5.56 Å². The first kappa shape index (κ1) is 15.7. The summed E-state index contributed by atoms with van der Waals surface area (Å²) in [5, 5.41) is 13.4. The molecule has 0 fully saturated rings. The smallest absolute Gasteiger partial charge is 0.292 e. The lowest BCUT2D eigenvalue weighted by Crippen LogP contribution is -2.09. The summed E-state index contributed by atoms with van der Waals surface area (Å²) in [7, 11) is 0. The molecule has 1 N–H and O–H groups in total. The van der Waals surface area contributed by atoms with Crippen LogP contribution in [0.5, 0.6) is 0 Å². The molecule has 2 rings (SSSR count). The van der Waals surface area contributed by atoms with Crippen LogP contribution in [-0.2, 0) is 4.79 Å².